The lowest BCUT2D eigenvalue weighted by Gasteiger charge is -2.34. The van der Waals surface area contributed by atoms with Crippen LogP contribution in [0.4, 0.5) is 0 Å². The molecule has 18 heavy (non-hydrogen) atoms. The van der Waals surface area contributed by atoms with Gasteiger partial charge in [-0.1, -0.05) is 30.3 Å². The fraction of sp³-hybridized carbons (Fsp3) is 0.538. The molecule has 0 amide bonds. The van der Waals surface area contributed by atoms with Crippen LogP contribution in [0.5, 0.6) is 0 Å². The second kappa shape index (κ2) is 4.66. The lowest BCUT2D eigenvalue weighted by Crippen LogP contribution is -2.42. The molecule has 5 nitrogen and oxygen atoms in total. The maximum atomic E-state index is 11.2. The fourth-order valence-corrected chi connectivity index (χ4v) is 2.28. The van der Waals surface area contributed by atoms with Crippen molar-refractivity contribution in [2.75, 3.05) is 6.61 Å². The summed E-state index contributed by atoms with van der Waals surface area (Å²) in [6, 6.07) is 8.47. The minimum absolute atomic E-state index is 0.129. The van der Waals surface area contributed by atoms with Crippen LogP contribution in [-0.4, -0.2) is 28.2 Å². The Morgan fingerprint density at radius 3 is 2.44 bits per heavy atom. The van der Waals surface area contributed by atoms with Crippen molar-refractivity contribution in [1.82, 2.24) is 5.06 Å². The summed E-state index contributed by atoms with van der Waals surface area (Å²) in [6.45, 7) is 6.10. The Hall–Kier alpha value is -1.46. The summed E-state index contributed by atoms with van der Waals surface area (Å²) in [5, 5.41) is 12.9. The van der Waals surface area contributed by atoms with Crippen LogP contribution in [-0.2, 0) is 4.84 Å². The molecular formula is C13H18N2O3. The first-order chi connectivity index (χ1) is 8.41. The van der Waals surface area contributed by atoms with Crippen LogP contribution >= 0.6 is 0 Å². The van der Waals surface area contributed by atoms with Gasteiger partial charge in [0, 0.05) is 10.5 Å². The molecule has 2 atom stereocenters. The zero-order valence-electron chi connectivity index (χ0n) is 10.9. The lowest BCUT2D eigenvalue weighted by atomic mass is 9.97. The average molecular weight is 250 g/mol. The summed E-state index contributed by atoms with van der Waals surface area (Å²) in [4.78, 5) is 16.5. The molecule has 0 saturated carbocycles. The van der Waals surface area contributed by atoms with Gasteiger partial charge in [-0.3, -0.25) is 15.0 Å². The molecular weight excluding hydrogens is 232 g/mol. The van der Waals surface area contributed by atoms with Crippen LogP contribution in [0.2, 0.25) is 0 Å². The van der Waals surface area contributed by atoms with Gasteiger partial charge in [0.25, 0.3) is 6.04 Å². The number of hydroxylamine groups is 2. The second-order valence-electron chi connectivity index (χ2n) is 5.50. The Morgan fingerprint density at radius 2 is 1.94 bits per heavy atom. The highest BCUT2D eigenvalue weighted by Crippen LogP contribution is 2.37. The van der Waals surface area contributed by atoms with Gasteiger partial charge in [-0.25, -0.2) is 0 Å². The molecule has 1 aromatic rings. The quantitative estimate of drug-likeness (QED) is 0.597. The van der Waals surface area contributed by atoms with Crippen molar-refractivity contribution in [3.05, 3.63) is 46.0 Å². The van der Waals surface area contributed by atoms with Crippen molar-refractivity contribution in [2.24, 2.45) is 0 Å². The van der Waals surface area contributed by atoms with E-state index in [0.717, 1.165) is 5.56 Å². The monoisotopic (exact) mass is 250 g/mol. The molecule has 1 fully saturated rings. The zero-order valence-corrected chi connectivity index (χ0v) is 10.9. The van der Waals surface area contributed by atoms with Gasteiger partial charge in [-0.2, -0.15) is 5.06 Å². The van der Waals surface area contributed by atoms with Crippen LogP contribution in [0.25, 0.3) is 0 Å². The third-order valence-electron chi connectivity index (χ3n) is 3.07. The van der Waals surface area contributed by atoms with Crippen LogP contribution in [0.1, 0.15) is 32.4 Å². The van der Waals surface area contributed by atoms with Crippen molar-refractivity contribution in [1.29, 1.82) is 0 Å². The molecule has 1 heterocycles. The molecule has 1 aliphatic heterocycles. The zero-order chi connectivity index (χ0) is 13.3. The van der Waals surface area contributed by atoms with Crippen molar-refractivity contribution in [3.8, 4) is 0 Å². The molecule has 1 saturated heterocycles. The van der Waals surface area contributed by atoms with Gasteiger partial charge >= 0.3 is 0 Å². The van der Waals surface area contributed by atoms with Crippen LogP contribution < -0.4 is 0 Å². The predicted octanol–water partition coefficient (Wildman–Crippen LogP) is 2.42. The molecule has 0 unspecified atom stereocenters. The summed E-state index contributed by atoms with van der Waals surface area (Å²) in [6.07, 6.45) is 0. The SMILES string of the molecule is CC(C)(C)N1OC[C@H]([N+](=O)[O-])[C@@H]1c1ccccc1. The summed E-state index contributed by atoms with van der Waals surface area (Å²) >= 11 is 0. The molecule has 0 bridgehead atoms. The number of rotatable bonds is 2. The molecule has 1 aromatic carbocycles. The van der Waals surface area contributed by atoms with Gasteiger partial charge in [0.15, 0.2) is 0 Å². The summed E-state index contributed by atoms with van der Waals surface area (Å²) in [7, 11) is 0. The van der Waals surface area contributed by atoms with Crippen molar-refractivity contribution in [3.63, 3.8) is 0 Å². The number of benzene rings is 1. The Morgan fingerprint density at radius 1 is 1.33 bits per heavy atom. The number of nitrogens with zero attached hydrogens (tertiary/aromatic N) is 2. The topological polar surface area (TPSA) is 55.6 Å². The third kappa shape index (κ3) is 2.37. The number of hydrogen-bond acceptors (Lipinski definition) is 4. The lowest BCUT2D eigenvalue weighted by molar-refractivity contribution is -0.523. The van der Waals surface area contributed by atoms with Gasteiger partial charge in [0.1, 0.15) is 12.6 Å². The van der Waals surface area contributed by atoms with E-state index in [1.807, 2.05) is 51.1 Å². The Balaban J connectivity index is 2.38. The van der Waals surface area contributed by atoms with E-state index in [9.17, 15) is 10.1 Å². The van der Waals surface area contributed by atoms with E-state index in [4.69, 9.17) is 4.84 Å². The first-order valence-corrected chi connectivity index (χ1v) is 6.02. The number of nitro groups is 1. The summed E-state index contributed by atoms with van der Waals surface area (Å²) < 4.78 is 0. The highest BCUT2D eigenvalue weighted by Gasteiger charge is 2.48. The molecule has 0 radical (unpaired) electrons. The van der Waals surface area contributed by atoms with E-state index in [2.05, 4.69) is 0 Å². The van der Waals surface area contributed by atoms with Crippen LogP contribution in [0.3, 0.4) is 0 Å². The average Bonchev–Trinajstić information content (AvgIpc) is 2.74. The van der Waals surface area contributed by atoms with E-state index in [1.54, 1.807) is 5.06 Å². The van der Waals surface area contributed by atoms with E-state index in [0.29, 0.717) is 0 Å². The van der Waals surface area contributed by atoms with Gasteiger partial charge in [-0.05, 0) is 26.3 Å². The molecule has 1 aliphatic rings. The highest BCUT2D eigenvalue weighted by atomic mass is 16.7. The Kier molecular flexibility index (Phi) is 3.36. The Bertz CT molecular complexity index is 428. The molecule has 5 heteroatoms. The molecule has 0 N–H and O–H groups in total. The standard InChI is InChI=1S/C13H18N2O3/c1-13(2,3)14-12(10-7-5-4-6-8-10)11(9-18-14)15(16)17/h4-8,11-12H,9H2,1-3H3/t11-,12-/m0/s1. The Labute approximate surface area is 106 Å². The van der Waals surface area contributed by atoms with E-state index in [1.165, 1.54) is 0 Å². The van der Waals surface area contributed by atoms with Gasteiger partial charge in [0.2, 0.25) is 0 Å². The van der Waals surface area contributed by atoms with Gasteiger partial charge in [0.05, 0.1) is 0 Å². The smallest absolute Gasteiger partial charge is 0.259 e. The van der Waals surface area contributed by atoms with E-state index in [-0.39, 0.29) is 23.1 Å². The first kappa shape index (κ1) is 13.0. The van der Waals surface area contributed by atoms with Gasteiger partial charge < -0.3 is 0 Å². The van der Waals surface area contributed by atoms with Crippen molar-refractivity contribution < 1.29 is 9.76 Å². The maximum Gasteiger partial charge on any atom is 0.259 e. The van der Waals surface area contributed by atoms with Crippen LogP contribution in [0, 0.1) is 10.1 Å². The predicted molar refractivity (Wildman–Crippen MR) is 67.5 cm³/mol. The normalized spacial score (nSPS) is 25.3. The summed E-state index contributed by atoms with van der Waals surface area (Å²) in [5.41, 5.74) is 0.650. The molecule has 0 spiro atoms. The highest BCUT2D eigenvalue weighted by molar-refractivity contribution is 5.21. The fourth-order valence-electron chi connectivity index (χ4n) is 2.28. The summed E-state index contributed by atoms with van der Waals surface area (Å²) in [5.74, 6) is 0. The number of hydrogen-bond donors (Lipinski definition) is 0. The van der Waals surface area contributed by atoms with Crippen molar-refractivity contribution in [2.45, 2.75) is 38.4 Å². The van der Waals surface area contributed by atoms with E-state index >= 15 is 0 Å². The van der Waals surface area contributed by atoms with Crippen molar-refractivity contribution >= 4 is 0 Å². The van der Waals surface area contributed by atoms with Crippen LogP contribution in [0.15, 0.2) is 30.3 Å². The minimum Gasteiger partial charge on any atom is -0.290 e. The van der Waals surface area contributed by atoms with E-state index < -0.39 is 6.04 Å². The molecule has 0 aromatic heterocycles. The maximum absolute atomic E-state index is 11.2. The molecule has 0 aliphatic carbocycles. The first-order valence-electron chi connectivity index (χ1n) is 6.02. The minimum atomic E-state index is -0.716. The molecule has 98 valence electrons. The third-order valence-corrected chi connectivity index (χ3v) is 3.07. The molecule has 2 rings (SSSR count). The van der Waals surface area contributed by atoms with Gasteiger partial charge in [-0.15, -0.1) is 0 Å². The second-order valence-corrected chi connectivity index (χ2v) is 5.50. The largest absolute Gasteiger partial charge is 0.290 e.